The zero-order valence-corrected chi connectivity index (χ0v) is 21.7. The number of hydrogen-bond acceptors (Lipinski definition) is 3. The molecule has 0 atom stereocenters. The number of esters is 1. The number of unbranched alkanes of at least 4 members (excludes halogenated alkanes) is 13. The largest absolute Gasteiger partial charge is 0.481 e. The van der Waals surface area contributed by atoms with E-state index in [1.807, 2.05) is 0 Å². The van der Waals surface area contributed by atoms with Crippen molar-refractivity contribution in [2.45, 2.75) is 156 Å². The summed E-state index contributed by atoms with van der Waals surface area (Å²) in [4.78, 5) is 24.4. The fourth-order valence-electron chi connectivity index (χ4n) is 4.59. The normalized spacial score (nSPS) is 11.6. The lowest BCUT2D eigenvalue weighted by Gasteiger charge is -2.32. The Bertz CT molecular complexity index is 435. The highest BCUT2D eigenvalue weighted by Crippen LogP contribution is 2.38. The SMILES string of the molecule is CCCCCCCCCCOC(=O)C(CCCCCC)(CCCCCC)CCCC(=O)O. The van der Waals surface area contributed by atoms with Crippen molar-refractivity contribution < 1.29 is 19.4 Å². The molecule has 190 valence electrons. The van der Waals surface area contributed by atoms with Gasteiger partial charge in [0.2, 0.25) is 0 Å². The number of rotatable bonds is 24. The summed E-state index contributed by atoms with van der Waals surface area (Å²) in [5, 5.41) is 9.12. The van der Waals surface area contributed by atoms with E-state index in [1.165, 1.54) is 64.2 Å². The van der Waals surface area contributed by atoms with Gasteiger partial charge in [0.25, 0.3) is 0 Å². The number of carboxylic acid groups (broad SMARTS) is 1. The number of carbonyl (C=O) groups is 2. The van der Waals surface area contributed by atoms with Gasteiger partial charge in [-0.15, -0.1) is 0 Å². The van der Waals surface area contributed by atoms with E-state index in [1.54, 1.807) is 0 Å². The number of carboxylic acids is 1. The number of carbonyl (C=O) groups excluding carboxylic acids is 1. The van der Waals surface area contributed by atoms with Crippen LogP contribution in [0, 0.1) is 5.41 Å². The van der Waals surface area contributed by atoms with Gasteiger partial charge >= 0.3 is 11.9 Å². The molecule has 0 aliphatic carbocycles. The summed E-state index contributed by atoms with van der Waals surface area (Å²) >= 11 is 0. The minimum atomic E-state index is -0.775. The Morgan fingerprint density at radius 3 is 1.47 bits per heavy atom. The molecule has 32 heavy (non-hydrogen) atoms. The highest BCUT2D eigenvalue weighted by molar-refractivity contribution is 5.77. The van der Waals surface area contributed by atoms with E-state index in [4.69, 9.17) is 9.84 Å². The van der Waals surface area contributed by atoms with Gasteiger partial charge in [-0.3, -0.25) is 9.59 Å². The third kappa shape index (κ3) is 16.6. The molecule has 4 heteroatoms. The molecule has 0 radical (unpaired) electrons. The molecule has 1 N–H and O–H groups in total. The second-order valence-corrected chi connectivity index (χ2v) is 9.76. The summed E-state index contributed by atoms with van der Waals surface area (Å²) in [5.74, 6) is -0.831. The van der Waals surface area contributed by atoms with Crippen LogP contribution >= 0.6 is 0 Å². The van der Waals surface area contributed by atoms with Gasteiger partial charge in [-0.25, -0.2) is 0 Å². The van der Waals surface area contributed by atoms with Crippen molar-refractivity contribution in [2.75, 3.05) is 6.61 Å². The summed E-state index contributed by atoms with van der Waals surface area (Å²) in [6, 6.07) is 0. The van der Waals surface area contributed by atoms with Crippen molar-refractivity contribution in [1.82, 2.24) is 0 Å². The van der Waals surface area contributed by atoms with Crippen LogP contribution < -0.4 is 0 Å². The first-order valence-corrected chi connectivity index (χ1v) is 13.9. The van der Waals surface area contributed by atoms with Crippen LogP contribution in [0.3, 0.4) is 0 Å². The quantitative estimate of drug-likeness (QED) is 0.117. The van der Waals surface area contributed by atoms with Crippen molar-refractivity contribution >= 4 is 11.9 Å². The first kappa shape index (κ1) is 30.9. The third-order valence-corrected chi connectivity index (χ3v) is 6.73. The summed E-state index contributed by atoms with van der Waals surface area (Å²) < 4.78 is 5.84. The highest BCUT2D eigenvalue weighted by atomic mass is 16.5. The van der Waals surface area contributed by atoms with Gasteiger partial charge in [0.05, 0.1) is 12.0 Å². The zero-order chi connectivity index (χ0) is 23.9. The highest BCUT2D eigenvalue weighted by Gasteiger charge is 2.38. The van der Waals surface area contributed by atoms with E-state index >= 15 is 0 Å². The van der Waals surface area contributed by atoms with Gasteiger partial charge in [0.15, 0.2) is 0 Å². The number of aliphatic carboxylic acids is 1. The van der Waals surface area contributed by atoms with Crippen molar-refractivity contribution in [1.29, 1.82) is 0 Å². The van der Waals surface area contributed by atoms with Gasteiger partial charge in [-0.2, -0.15) is 0 Å². The van der Waals surface area contributed by atoms with Crippen LogP contribution in [0.15, 0.2) is 0 Å². The first-order chi connectivity index (χ1) is 15.5. The molecular weight excluding hydrogens is 400 g/mol. The smallest absolute Gasteiger partial charge is 0.312 e. The summed E-state index contributed by atoms with van der Waals surface area (Å²) in [6.07, 6.45) is 21.9. The molecule has 0 amide bonds. The summed E-state index contributed by atoms with van der Waals surface area (Å²) in [6.45, 7) is 7.15. The van der Waals surface area contributed by atoms with Crippen LogP contribution in [0.4, 0.5) is 0 Å². The van der Waals surface area contributed by atoms with Crippen molar-refractivity contribution in [3.8, 4) is 0 Å². The molecule has 0 bridgehead atoms. The van der Waals surface area contributed by atoms with Crippen LogP contribution in [-0.2, 0) is 14.3 Å². The molecular formula is C28H54O4. The van der Waals surface area contributed by atoms with Gasteiger partial charge < -0.3 is 9.84 Å². The maximum Gasteiger partial charge on any atom is 0.312 e. The maximum absolute atomic E-state index is 13.3. The second kappa shape index (κ2) is 21.8. The zero-order valence-electron chi connectivity index (χ0n) is 21.7. The Hall–Kier alpha value is -1.06. The van der Waals surface area contributed by atoms with Crippen molar-refractivity contribution in [3.63, 3.8) is 0 Å². The number of ether oxygens (including phenoxy) is 1. The molecule has 0 aromatic rings. The van der Waals surface area contributed by atoms with E-state index < -0.39 is 11.4 Å². The predicted molar refractivity (Wildman–Crippen MR) is 135 cm³/mol. The Morgan fingerprint density at radius 2 is 1.00 bits per heavy atom. The average molecular weight is 455 g/mol. The molecule has 0 aromatic carbocycles. The first-order valence-electron chi connectivity index (χ1n) is 13.9. The van der Waals surface area contributed by atoms with E-state index in [0.717, 1.165) is 51.4 Å². The van der Waals surface area contributed by atoms with Crippen molar-refractivity contribution in [2.24, 2.45) is 5.41 Å². The van der Waals surface area contributed by atoms with Crippen LogP contribution in [0.1, 0.15) is 156 Å². The van der Waals surface area contributed by atoms with Gasteiger partial charge in [-0.1, -0.05) is 117 Å². The Morgan fingerprint density at radius 1 is 0.594 bits per heavy atom. The molecule has 0 aliphatic heterocycles. The number of hydrogen-bond donors (Lipinski definition) is 1. The third-order valence-electron chi connectivity index (χ3n) is 6.73. The van der Waals surface area contributed by atoms with E-state index in [-0.39, 0.29) is 12.4 Å². The minimum absolute atomic E-state index is 0.0566. The Balaban J connectivity index is 4.75. The van der Waals surface area contributed by atoms with E-state index in [9.17, 15) is 9.59 Å². The van der Waals surface area contributed by atoms with Crippen LogP contribution in [0.5, 0.6) is 0 Å². The molecule has 4 nitrogen and oxygen atoms in total. The average Bonchev–Trinajstić information content (AvgIpc) is 2.77. The van der Waals surface area contributed by atoms with Crippen molar-refractivity contribution in [3.05, 3.63) is 0 Å². The standard InChI is InChI=1S/C28H54O4/c1-4-7-10-13-14-15-16-19-25-32-27(31)28(22-17-11-8-5-2,23-18-12-9-6-3)24-20-21-26(29)30/h4-25H2,1-3H3,(H,29,30). The fraction of sp³-hybridized carbons (Fsp3) is 0.929. The van der Waals surface area contributed by atoms with Gasteiger partial charge in [0, 0.05) is 6.42 Å². The molecule has 0 heterocycles. The second-order valence-electron chi connectivity index (χ2n) is 9.76. The lowest BCUT2D eigenvalue weighted by atomic mass is 9.74. The lowest BCUT2D eigenvalue weighted by molar-refractivity contribution is -0.158. The Labute approximate surface area is 199 Å². The fourth-order valence-corrected chi connectivity index (χ4v) is 4.59. The minimum Gasteiger partial charge on any atom is -0.481 e. The topological polar surface area (TPSA) is 63.6 Å². The van der Waals surface area contributed by atoms with E-state index in [0.29, 0.717) is 19.4 Å². The molecule has 0 unspecified atom stereocenters. The molecule has 0 spiro atoms. The van der Waals surface area contributed by atoms with Crippen LogP contribution in [0.2, 0.25) is 0 Å². The maximum atomic E-state index is 13.3. The monoisotopic (exact) mass is 454 g/mol. The molecule has 0 rings (SSSR count). The molecule has 0 saturated heterocycles. The lowest BCUT2D eigenvalue weighted by Crippen LogP contribution is -2.34. The van der Waals surface area contributed by atoms with Gasteiger partial charge in [-0.05, 0) is 32.1 Å². The molecule has 0 aliphatic rings. The summed E-state index contributed by atoms with van der Waals surface area (Å²) in [7, 11) is 0. The molecule has 0 aromatic heterocycles. The molecule has 0 saturated carbocycles. The van der Waals surface area contributed by atoms with E-state index in [2.05, 4.69) is 20.8 Å². The molecule has 0 fully saturated rings. The van der Waals surface area contributed by atoms with Crippen LogP contribution in [-0.4, -0.2) is 23.7 Å². The summed E-state index contributed by atoms with van der Waals surface area (Å²) in [5.41, 5.74) is -0.489. The van der Waals surface area contributed by atoms with Gasteiger partial charge in [0.1, 0.15) is 0 Å². The predicted octanol–water partition coefficient (Wildman–Crippen LogP) is 8.85. The van der Waals surface area contributed by atoms with Crippen LogP contribution in [0.25, 0.3) is 0 Å². The Kier molecular flexibility index (Phi) is 21.0.